The summed E-state index contributed by atoms with van der Waals surface area (Å²) in [6.45, 7) is 3.72. The van der Waals surface area contributed by atoms with Gasteiger partial charge in [0.05, 0.1) is 0 Å². The van der Waals surface area contributed by atoms with Crippen LogP contribution in [0.4, 0.5) is 8.78 Å². The molecule has 100 valence electrons. The number of benzene rings is 2. The minimum Gasteiger partial charge on any atom is -0.325 e. The first kappa shape index (κ1) is 13.7. The fourth-order valence-corrected chi connectivity index (χ4v) is 2.10. The summed E-state index contributed by atoms with van der Waals surface area (Å²) in [5, 5.41) is 0. The van der Waals surface area contributed by atoms with Gasteiger partial charge in [-0.3, -0.25) is 0 Å². The summed E-state index contributed by atoms with van der Waals surface area (Å²) in [6, 6.07) is 11.8. The highest BCUT2D eigenvalue weighted by Crippen LogP contribution is 2.27. The van der Waals surface area contributed by atoms with Gasteiger partial charge in [-0.15, -0.1) is 0 Å². The smallest absolute Gasteiger partial charge is 0.166 e. The van der Waals surface area contributed by atoms with Gasteiger partial charge in [-0.2, -0.15) is 0 Å². The molecule has 0 heterocycles. The van der Waals surface area contributed by atoms with E-state index in [2.05, 4.69) is 0 Å². The van der Waals surface area contributed by atoms with Gasteiger partial charge in [0.1, 0.15) is 0 Å². The van der Waals surface area contributed by atoms with Crippen LogP contribution in [0, 0.1) is 11.6 Å². The molecule has 2 N–H and O–H groups in total. The summed E-state index contributed by atoms with van der Waals surface area (Å²) in [5.74, 6) is -1.65. The molecule has 1 nitrogen and oxygen atoms in total. The summed E-state index contributed by atoms with van der Waals surface area (Å²) >= 11 is 0. The predicted octanol–water partition coefficient (Wildman–Crippen LogP) is 3.91. The van der Waals surface area contributed by atoms with Crippen molar-refractivity contribution in [1.82, 2.24) is 0 Å². The molecule has 0 spiro atoms. The normalized spacial score (nSPS) is 11.6. The topological polar surface area (TPSA) is 26.0 Å². The average Bonchev–Trinajstić information content (AvgIpc) is 2.33. The van der Waals surface area contributed by atoms with Crippen LogP contribution in [0.25, 0.3) is 11.1 Å². The predicted molar refractivity (Wildman–Crippen MR) is 73.8 cm³/mol. The van der Waals surface area contributed by atoms with Crippen LogP contribution in [-0.4, -0.2) is 5.54 Å². The maximum atomic E-state index is 13.9. The van der Waals surface area contributed by atoms with Crippen molar-refractivity contribution in [1.29, 1.82) is 0 Å². The molecule has 0 saturated carbocycles. The maximum Gasteiger partial charge on any atom is 0.166 e. The average molecular weight is 261 g/mol. The number of hydrogen-bond donors (Lipinski definition) is 1. The molecule has 0 radical (unpaired) electrons. The lowest BCUT2D eigenvalue weighted by Gasteiger charge is -2.19. The van der Waals surface area contributed by atoms with E-state index in [4.69, 9.17) is 5.73 Å². The molecule has 2 aromatic carbocycles. The Kier molecular flexibility index (Phi) is 3.67. The summed E-state index contributed by atoms with van der Waals surface area (Å²) < 4.78 is 27.6. The van der Waals surface area contributed by atoms with Crippen LogP contribution in [0.15, 0.2) is 42.5 Å². The Morgan fingerprint density at radius 1 is 1.05 bits per heavy atom. The summed E-state index contributed by atoms with van der Waals surface area (Å²) in [4.78, 5) is 0. The van der Waals surface area contributed by atoms with Crippen molar-refractivity contribution in [2.75, 3.05) is 0 Å². The van der Waals surface area contributed by atoms with E-state index in [-0.39, 0.29) is 5.56 Å². The molecule has 0 aliphatic heterocycles. The number of rotatable bonds is 3. The summed E-state index contributed by atoms with van der Waals surface area (Å²) in [5.41, 5.74) is 7.11. The van der Waals surface area contributed by atoms with E-state index in [0.717, 1.165) is 0 Å². The van der Waals surface area contributed by atoms with Crippen molar-refractivity contribution in [3.05, 3.63) is 59.7 Å². The second kappa shape index (κ2) is 5.10. The van der Waals surface area contributed by atoms with E-state index in [1.54, 1.807) is 30.3 Å². The Labute approximate surface area is 112 Å². The Morgan fingerprint density at radius 2 is 1.68 bits per heavy atom. The van der Waals surface area contributed by atoms with Crippen LogP contribution in [-0.2, 0) is 6.42 Å². The summed E-state index contributed by atoms with van der Waals surface area (Å²) in [6.07, 6.45) is 0.490. The molecule has 0 saturated heterocycles. The minimum atomic E-state index is -0.833. The molecule has 2 aromatic rings. The molecule has 0 aromatic heterocycles. The molecular weight excluding hydrogens is 244 g/mol. The third kappa shape index (κ3) is 3.38. The van der Waals surface area contributed by atoms with E-state index in [0.29, 0.717) is 17.5 Å². The quantitative estimate of drug-likeness (QED) is 0.890. The largest absolute Gasteiger partial charge is 0.325 e. The molecule has 2 rings (SSSR count). The Hall–Kier alpha value is -1.74. The summed E-state index contributed by atoms with van der Waals surface area (Å²) in [7, 11) is 0. The molecule has 3 heteroatoms. The zero-order chi connectivity index (χ0) is 14.0. The first-order valence-corrected chi connectivity index (χ1v) is 6.19. The zero-order valence-electron chi connectivity index (χ0n) is 11.1. The Balaban J connectivity index is 2.49. The van der Waals surface area contributed by atoms with E-state index in [1.807, 2.05) is 19.9 Å². The van der Waals surface area contributed by atoms with Crippen molar-refractivity contribution in [3.8, 4) is 11.1 Å². The molecule has 0 unspecified atom stereocenters. The fourth-order valence-electron chi connectivity index (χ4n) is 2.10. The van der Waals surface area contributed by atoms with Gasteiger partial charge in [-0.1, -0.05) is 30.3 Å². The monoisotopic (exact) mass is 261 g/mol. The lowest BCUT2D eigenvalue weighted by molar-refractivity contribution is 0.496. The van der Waals surface area contributed by atoms with Gasteiger partial charge in [0.25, 0.3) is 0 Å². The highest BCUT2D eigenvalue weighted by molar-refractivity contribution is 5.65. The lowest BCUT2D eigenvalue weighted by atomic mass is 9.93. The molecule has 0 aliphatic carbocycles. The second-order valence-corrected chi connectivity index (χ2v) is 5.47. The highest BCUT2D eigenvalue weighted by atomic mass is 19.2. The van der Waals surface area contributed by atoms with Gasteiger partial charge in [-0.25, -0.2) is 8.78 Å². The van der Waals surface area contributed by atoms with Gasteiger partial charge >= 0.3 is 0 Å². The molecular formula is C16H17F2N. The van der Waals surface area contributed by atoms with Crippen LogP contribution in [0.2, 0.25) is 0 Å². The molecule has 0 amide bonds. The second-order valence-electron chi connectivity index (χ2n) is 5.47. The van der Waals surface area contributed by atoms with Gasteiger partial charge in [0, 0.05) is 11.1 Å². The third-order valence-electron chi connectivity index (χ3n) is 2.83. The van der Waals surface area contributed by atoms with Gasteiger partial charge in [-0.05, 0) is 43.5 Å². The Bertz CT molecular complexity index is 571. The van der Waals surface area contributed by atoms with Gasteiger partial charge < -0.3 is 5.73 Å². The van der Waals surface area contributed by atoms with Crippen LogP contribution < -0.4 is 5.73 Å². The highest BCUT2D eigenvalue weighted by Gasteiger charge is 2.17. The Morgan fingerprint density at radius 3 is 2.26 bits per heavy atom. The molecule has 0 bridgehead atoms. The van der Waals surface area contributed by atoms with E-state index in [9.17, 15) is 8.78 Å². The minimum absolute atomic E-state index is 0.278. The van der Waals surface area contributed by atoms with Crippen LogP contribution in [0.3, 0.4) is 0 Å². The van der Waals surface area contributed by atoms with Crippen molar-refractivity contribution < 1.29 is 8.78 Å². The molecule has 0 atom stereocenters. The number of halogens is 2. The number of nitrogens with two attached hydrogens (primary N) is 1. The van der Waals surface area contributed by atoms with E-state index < -0.39 is 17.2 Å². The standard InChI is InChI=1S/C16H17F2N/c1-16(2,19)10-11-8-13(15(18)14(17)9-11)12-6-4-3-5-7-12/h3-9H,10,19H2,1-2H3. The SMILES string of the molecule is CC(C)(N)Cc1cc(F)c(F)c(-c2ccccc2)c1. The zero-order valence-corrected chi connectivity index (χ0v) is 11.1. The van der Waals surface area contributed by atoms with Crippen molar-refractivity contribution in [3.63, 3.8) is 0 Å². The van der Waals surface area contributed by atoms with Crippen LogP contribution >= 0.6 is 0 Å². The fraction of sp³-hybridized carbons (Fsp3) is 0.250. The van der Waals surface area contributed by atoms with Gasteiger partial charge in [0.15, 0.2) is 11.6 Å². The number of hydrogen-bond acceptors (Lipinski definition) is 1. The maximum absolute atomic E-state index is 13.9. The first-order valence-electron chi connectivity index (χ1n) is 6.19. The van der Waals surface area contributed by atoms with Crippen molar-refractivity contribution in [2.45, 2.75) is 25.8 Å². The first-order chi connectivity index (χ1) is 8.87. The van der Waals surface area contributed by atoms with Crippen LogP contribution in [0.1, 0.15) is 19.4 Å². The van der Waals surface area contributed by atoms with Crippen LogP contribution in [0.5, 0.6) is 0 Å². The molecule has 0 aliphatic rings. The molecule has 0 fully saturated rings. The lowest BCUT2D eigenvalue weighted by Crippen LogP contribution is -2.34. The van der Waals surface area contributed by atoms with Gasteiger partial charge in [0.2, 0.25) is 0 Å². The van der Waals surface area contributed by atoms with E-state index >= 15 is 0 Å². The van der Waals surface area contributed by atoms with E-state index in [1.165, 1.54) is 6.07 Å². The third-order valence-corrected chi connectivity index (χ3v) is 2.83. The molecule has 19 heavy (non-hydrogen) atoms. The van der Waals surface area contributed by atoms with Crippen molar-refractivity contribution >= 4 is 0 Å². The van der Waals surface area contributed by atoms with Crippen molar-refractivity contribution in [2.24, 2.45) is 5.73 Å².